The Bertz CT molecular complexity index is 6420. The first-order valence-corrected chi connectivity index (χ1v) is 32.8. The summed E-state index contributed by atoms with van der Waals surface area (Å²) in [5.74, 6) is 0. The molecule has 0 bridgehead atoms. The molecule has 0 spiro atoms. The average Bonchev–Trinajstić information content (AvgIpc) is 1.52. The molecule has 0 aliphatic carbocycles. The number of rotatable bonds is 7. The third kappa shape index (κ3) is 8.22. The first-order chi connectivity index (χ1) is 48.9. The Labute approximate surface area is 564 Å². The molecule has 0 saturated heterocycles. The van der Waals surface area contributed by atoms with E-state index in [0.29, 0.717) is 28.5 Å². The highest BCUT2D eigenvalue weighted by atomic mass is 19.4. The summed E-state index contributed by atoms with van der Waals surface area (Å²) in [5.41, 5.74) is 11.1. The van der Waals surface area contributed by atoms with Crippen molar-refractivity contribution in [3.05, 3.63) is 320 Å². The summed E-state index contributed by atoms with van der Waals surface area (Å²) in [7, 11) is 0. The SMILES string of the molecule is [C-]#[N+]c1cc(-n2c3ccc(-n4c5ccccc5c5ccccc54)cc3c3cc(-n4c5ccccc5c5ccccc54)ccc32)c(-n2c3ccc(-n4c5ccccc5c5ccccc54)cc3c3cc(-n4c5ccccc5c5ccccc54)ccc32)cc1-c1ccc(C(F)(F)F)cc1C(F)(F)F. The molecule has 0 unspecified atom stereocenters. The summed E-state index contributed by atoms with van der Waals surface area (Å²) >= 11 is 0. The molecule has 0 aliphatic rings. The maximum Gasteiger partial charge on any atom is 0.416 e. The van der Waals surface area contributed by atoms with Crippen molar-refractivity contribution in [2.24, 2.45) is 0 Å². The second-order valence-corrected chi connectivity index (χ2v) is 25.7. The van der Waals surface area contributed by atoms with Crippen molar-refractivity contribution in [2.75, 3.05) is 0 Å². The van der Waals surface area contributed by atoms with Gasteiger partial charge in [-0.05, 0) is 157 Å². The molecule has 100 heavy (non-hydrogen) atoms. The fourth-order valence-corrected chi connectivity index (χ4v) is 16.3. The van der Waals surface area contributed by atoms with Crippen LogP contribution in [0.5, 0.6) is 0 Å². The van der Waals surface area contributed by atoms with E-state index in [4.69, 9.17) is 6.57 Å². The third-order valence-corrected chi connectivity index (χ3v) is 20.5. The summed E-state index contributed by atoms with van der Waals surface area (Å²) in [6.45, 7) is 8.99. The van der Waals surface area contributed by atoms with Gasteiger partial charge in [0.2, 0.25) is 0 Å². The van der Waals surface area contributed by atoms with Gasteiger partial charge in [0.05, 0.1) is 95.3 Å². The van der Waals surface area contributed by atoms with Gasteiger partial charge in [-0.3, -0.25) is 0 Å². The lowest BCUT2D eigenvalue weighted by Gasteiger charge is -2.22. The second-order valence-electron chi connectivity index (χ2n) is 25.7. The summed E-state index contributed by atoms with van der Waals surface area (Å²) < 4.78 is 105. The van der Waals surface area contributed by atoms with E-state index in [0.717, 1.165) is 149 Å². The number of benzene rings is 14. The highest BCUT2D eigenvalue weighted by molar-refractivity contribution is 6.17. The van der Waals surface area contributed by atoms with Crippen LogP contribution in [0.3, 0.4) is 0 Å². The molecule has 0 aliphatic heterocycles. The van der Waals surface area contributed by atoms with Crippen LogP contribution < -0.4 is 0 Å². The van der Waals surface area contributed by atoms with E-state index in [2.05, 4.69) is 190 Å². The summed E-state index contributed by atoms with van der Waals surface area (Å²) in [5, 5.41) is 11.9. The van der Waals surface area contributed by atoms with Crippen LogP contribution in [0, 0.1) is 6.57 Å². The van der Waals surface area contributed by atoms with Crippen molar-refractivity contribution < 1.29 is 26.3 Å². The zero-order chi connectivity index (χ0) is 67.0. The number of halogens is 6. The number of aromatic nitrogens is 6. The van der Waals surface area contributed by atoms with Crippen LogP contribution in [0.15, 0.2) is 297 Å². The minimum atomic E-state index is -5.27. The molecule has 14 aromatic carbocycles. The van der Waals surface area contributed by atoms with Gasteiger partial charge >= 0.3 is 12.4 Å². The number of alkyl halides is 6. The standard InChI is InChI=1S/C87H49F6N7/c1-94-71-50-85(100-82-42-37-54(97-76-30-14-6-22-61(76)62-23-7-15-31-77(62)97)47-68(82)69-48-55(38-43-83(69)100)98-78-32-16-8-24-63(78)64-25-9-17-33-79(64)98)84(49-65(71)56-39-34-51(86(88,89)90)44-70(56)87(91,92)93)99-80-40-35-52(95-72-26-10-2-18-57(72)58-19-3-11-27-73(58)95)45-66(80)67-46-53(36-41-81(67)99)96-74-28-12-4-20-59(74)60-21-5-13-29-75(60)96/h2-50H. The zero-order valence-electron chi connectivity index (χ0n) is 52.7. The van der Waals surface area contributed by atoms with E-state index in [1.165, 1.54) is 0 Å². The predicted octanol–water partition coefficient (Wildman–Crippen LogP) is 24.5. The van der Waals surface area contributed by atoms with Crippen LogP contribution in [0.4, 0.5) is 32.0 Å². The molecular weight excluding hydrogens is 1260 g/mol. The van der Waals surface area contributed by atoms with E-state index in [1.807, 2.05) is 109 Å². The Morgan fingerprint density at radius 1 is 0.230 bits per heavy atom. The molecule has 20 rings (SSSR count). The highest BCUT2D eigenvalue weighted by Gasteiger charge is 2.39. The predicted molar refractivity (Wildman–Crippen MR) is 394 cm³/mol. The van der Waals surface area contributed by atoms with Crippen molar-refractivity contribution in [3.63, 3.8) is 0 Å². The zero-order valence-corrected chi connectivity index (χ0v) is 52.7. The van der Waals surface area contributed by atoms with E-state index in [1.54, 1.807) is 12.1 Å². The quantitative estimate of drug-likeness (QED) is 0.113. The van der Waals surface area contributed by atoms with Gasteiger partial charge in [-0.15, -0.1) is 0 Å². The highest BCUT2D eigenvalue weighted by Crippen LogP contribution is 2.50. The Hall–Kier alpha value is -13.1. The number of hydrogen-bond donors (Lipinski definition) is 0. The third-order valence-electron chi connectivity index (χ3n) is 20.5. The van der Waals surface area contributed by atoms with Gasteiger partial charge in [-0.2, -0.15) is 26.3 Å². The van der Waals surface area contributed by atoms with Crippen LogP contribution in [0.2, 0.25) is 0 Å². The van der Waals surface area contributed by atoms with Crippen molar-refractivity contribution in [1.29, 1.82) is 0 Å². The van der Waals surface area contributed by atoms with E-state index >= 15 is 13.2 Å². The number of hydrogen-bond acceptors (Lipinski definition) is 0. The maximum absolute atomic E-state index is 15.8. The van der Waals surface area contributed by atoms with Gasteiger partial charge in [0.25, 0.3) is 0 Å². The summed E-state index contributed by atoms with van der Waals surface area (Å²) in [6, 6.07) is 96.5. The summed E-state index contributed by atoms with van der Waals surface area (Å²) in [4.78, 5) is 4.04. The monoisotopic (exact) mass is 1310 g/mol. The Balaban J connectivity index is 0.930. The first-order valence-electron chi connectivity index (χ1n) is 32.8. The van der Waals surface area contributed by atoms with E-state index in [9.17, 15) is 13.2 Å². The van der Waals surface area contributed by atoms with Crippen LogP contribution in [0.1, 0.15) is 11.1 Å². The van der Waals surface area contributed by atoms with Gasteiger partial charge in [0.1, 0.15) is 0 Å². The average molecular weight is 1310 g/mol. The molecule has 0 radical (unpaired) electrons. The van der Waals surface area contributed by atoms with Gasteiger partial charge in [0, 0.05) is 87.4 Å². The molecule has 6 heterocycles. The normalized spacial score (nSPS) is 12.5. The minimum Gasteiger partial charge on any atom is -0.309 e. The molecule has 0 amide bonds. The lowest BCUT2D eigenvalue weighted by Crippen LogP contribution is -2.12. The topological polar surface area (TPSA) is 33.9 Å². The van der Waals surface area contributed by atoms with Crippen molar-refractivity contribution in [3.8, 4) is 45.3 Å². The molecule has 0 N–H and O–H groups in total. The largest absolute Gasteiger partial charge is 0.416 e. The van der Waals surface area contributed by atoms with E-state index in [-0.39, 0.29) is 17.3 Å². The van der Waals surface area contributed by atoms with Crippen LogP contribution in [0.25, 0.3) is 181 Å². The molecule has 0 fully saturated rings. The van der Waals surface area contributed by atoms with Gasteiger partial charge < -0.3 is 27.4 Å². The molecule has 20 aromatic rings. The van der Waals surface area contributed by atoms with Crippen LogP contribution in [-0.2, 0) is 12.4 Å². The Morgan fingerprint density at radius 2 is 0.490 bits per heavy atom. The van der Waals surface area contributed by atoms with Crippen molar-refractivity contribution >= 4 is 137 Å². The van der Waals surface area contributed by atoms with Gasteiger partial charge in [0.15, 0.2) is 5.69 Å². The molecule has 6 aromatic heterocycles. The number of para-hydroxylation sites is 8. The molecule has 7 nitrogen and oxygen atoms in total. The van der Waals surface area contributed by atoms with Crippen molar-refractivity contribution in [1.82, 2.24) is 27.4 Å². The van der Waals surface area contributed by atoms with Gasteiger partial charge in [-0.25, -0.2) is 4.85 Å². The molecule has 13 heteroatoms. The summed E-state index contributed by atoms with van der Waals surface area (Å²) in [6.07, 6.45) is -10.4. The van der Waals surface area contributed by atoms with Crippen LogP contribution >= 0.6 is 0 Å². The fraction of sp³-hybridized carbons (Fsp3) is 0.0230. The smallest absolute Gasteiger partial charge is 0.309 e. The van der Waals surface area contributed by atoms with Crippen LogP contribution in [-0.4, -0.2) is 27.4 Å². The molecule has 474 valence electrons. The molecule has 0 saturated carbocycles. The molecule has 0 atom stereocenters. The van der Waals surface area contributed by atoms with Crippen molar-refractivity contribution in [2.45, 2.75) is 12.4 Å². The Morgan fingerprint density at radius 3 is 0.750 bits per heavy atom. The fourth-order valence-electron chi connectivity index (χ4n) is 16.3. The number of fused-ring (bicyclic) bond motifs is 18. The number of nitrogens with zero attached hydrogens (tertiary/aromatic N) is 7. The Kier molecular flexibility index (Phi) is 12.0. The molecular formula is C87H49F6N7. The second kappa shape index (κ2) is 21.0. The maximum atomic E-state index is 15.8. The van der Waals surface area contributed by atoms with Gasteiger partial charge in [-0.1, -0.05) is 152 Å². The first kappa shape index (κ1) is 57.2. The van der Waals surface area contributed by atoms with E-state index < -0.39 is 29.0 Å². The lowest BCUT2D eigenvalue weighted by atomic mass is 9.94. The minimum absolute atomic E-state index is 0.153. The lowest BCUT2D eigenvalue weighted by molar-refractivity contribution is -0.142.